The second kappa shape index (κ2) is 7.48. The molecule has 1 atom stereocenters. The van der Waals surface area contributed by atoms with E-state index in [1.165, 1.54) is 18.4 Å². The third-order valence-corrected chi connectivity index (χ3v) is 3.84. The third-order valence-electron chi connectivity index (χ3n) is 3.84. The molecule has 1 heterocycles. The molecule has 0 aromatic carbocycles. The van der Waals surface area contributed by atoms with E-state index in [0.717, 1.165) is 31.8 Å². The lowest BCUT2D eigenvalue weighted by Gasteiger charge is -2.15. The van der Waals surface area contributed by atoms with Gasteiger partial charge in [-0.3, -0.25) is 4.79 Å². The standard InChI is InChI=1S/C16H27N3O/c1-3-8-17-15(4-2)14-7-9-19(11-14)12-16(20)18-10-13-5-6-13/h7,9,11,13,15,17H,3-6,8,10,12H2,1-2H3,(H,18,20). The van der Waals surface area contributed by atoms with Crippen LogP contribution in [0.5, 0.6) is 0 Å². The van der Waals surface area contributed by atoms with E-state index in [9.17, 15) is 4.79 Å². The number of hydrogen-bond acceptors (Lipinski definition) is 2. The topological polar surface area (TPSA) is 46.1 Å². The molecule has 1 fully saturated rings. The van der Waals surface area contributed by atoms with Crippen molar-refractivity contribution in [3.63, 3.8) is 0 Å². The molecular weight excluding hydrogens is 250 g/mol. The Labute approximate surface area is 121 Å². The lowest BCUT2D eigenvalue weighted by atomic mass is 10.1. The van der Waals surface area contributed by atoms with Crippen LogP contribution in [0.4, 0.5) is 0 Å². The summed E-state index contributed by atoms with van der Waals surface area (Å²) in [6.45, 7) is 6.67. The van der Waals surface area contributed by atoms with Crippen LogP contribution in [-0.2, 0) is 11.3 Å². The van der Waals surface area contributed by atoms with Gasteiger partial charge in [0, 0.05) is 25.0 Å². The summed E-state index contributed by atoms with van der Waals surface area (Å²) in [6, 6.07) is 2.51. The zero-order chi connectivity index (χ0) is 14.4. The summed E-state index contributed by atoms with van der Waals surface area (Å²) in [6.07, 6.45) is 8.85. The molecule has 0 bridgehead atoms. The molecule has 1 amide bonds. The predicted octanol–water partition coefficient (Wildman–Crippen LogP) is 2.46. The van der Waals surface area contributed by atoms with E-state index in [0.29, 0.717) is 12.6 Å². The fraction of sp³-hybridized carbons (Fsp3) is 0.688. The average Bonchev–Trinajstić information content (AvgIpc) is 3.17. The summed E-state index contributed by atoms with van der Waals surface area (Å²) < 4.78 is 1.98. The number of rotatable bonds is 9. The molecule has 1 saturated carbocycles. The molecule has 1 unspecified atom stereocenters. The smallest absolute Gasteiger partial charge is 0.239 e. The van der Waals surface area contributed by atoms with Gasteiger partial charge in [0.25, 0.3) is 0 Å². The van der Waals surface area contributed by atoms with Gasteiger partial charge in [-0.05, 0) is 49.8 Å². The van der Waals surface area contributed by atoms with Crippen LogP contribution in [-0.4, -0.2) is 23.6 Å². The van der Waals surface area contributed by atoms with Crippen LogP contribution in [0, 0.1) is 5.92 Å². The van der Waals surface area contributed by atoms with Gasteiger partial charge >= 0.3 is 0 Å². The van der Waals surface area contributed by atoms with Crippen molar-refractivity contribution in [2.45, 2.75) is 52.1 Å². The molecule has 2 N–H and O–H groups in total. The summed E-state index contributed by atoms with van der Waals surface area (Å²) in [5.41, 5.74) is 1.27. The third kappa shape index (κ3) is 4.67. The summed E-state index contributed by atoms with van der Waals surface area (Å²) >= 11 is 0. The molecule has 1 aliphatic rings. The molecule has 112 valence electrons. The Hall–Kier alpha value is -1.29. The lowest BCUT2D eigenvalue weighted by molar-refractivity contribution is -0.121. The largest absolute Gasteiger partial charge is 0.354 e. The van der Waals surface area contributed by atoms with Crippen molar-refractivity contribution in [3.05, 3.63) is 24.0 Å². The highest BCUT2D eigenvalue weighted by atomic mass is 16.1. The summed E-state index contributed by atoms with van der Waals surface area (Å²) in [5, 5.41) is 6.54. The molecule has 4 nitrogen and oxygen atoms in total. The van der Waals surface area contributed by atoms with Gasteiger partial charge in [-0.1, -0.05) is 13.8 Å². The van der Waals surface area contributed by atoms with Crippen LogP contribution in [0.15, 0.2) is 18.5 Å². The van der Waals surface area contributed by atoms with E-state index in [2.05, 4.69) is 36.7 Å². The minimum absolute atomic E-state index is 0.119. The zero-order valence-corrected chi connectivity index (χ0v) is 12.7. The van der Waals surface area contributed by atoms with Gasteiger partial charge in [-0.15, -0.1) is 0 Å². The van der Waals surface area contributed by atoms with E-state index < -0.39 is 0 Å². The second-order valence-corrected chi connectivity index (χ2v) is 5.78. The van der Waals surface area contributed by atoms with Crippen molar-refractivity contribution in [3.8, 4) is 0 Å². The number of hydrogen-bond donors (Lipinski definition) is 2. The van der Waals surface area contributed by atoms with E-state index in [1.807, 2.05) is 10.8 Å². The minimum atomic E-state index is 0.119. The molecule has 4 heteroatoms. The van der Waals surface area contributed by atoms with E-state index in [4.69, 9.17) is 0 Å². The quantitative estimate of drug-likeness (QED) is 0.728. The van der Waals surface area contributed by atoms with Crippen molar-refractivity contribution in [2.24, 2.45) is 5.92 Å². The Morgan fingerprint density at radius 3 is 2.90 bits per heavy atom. The Morgan fingerprint density at radius 2 is 2.25 bits per heavy atom. The maximum Gasteiger partial charge on any atom is 0.239 e. The Balaban J connectivity index is 1.81. The van der Waals surface area contributed by atoms with Crippen LogP contribution < -0.4 is 10.6 Å². The first-order valence-electron chi connectivity index (χ1n) is 7.88. The first-order chi connectivity index (χ1) is 9.72. The minimum Gasteiger partial charge on any atom is -0.354 e. The van der Waals surface area contributed by atoms with Gasteiger partial charge in [0.15, 0.2) is 0 Å². The molecule has 0 spiro atoms. The van der Waals surface area contributed by atoms with Gasteiger partial charge in [0.05, 0.1) is 0 Å². The first kappa shape index (κ1) is 15.1. The van der Waals surface area contributed by atoms with Crippen LogP contribution in [0.3, 0.4) is 0 Å². The molecule has 20 heavy (non-hydrogen) atoms. The highest BCUT2D eigenvalue weighted by Crippen LogP contribution is 2.27. The van der Waals surface area contributed by atoms with E-state index in [-0.39, 0.29) is 5.91 Å². The van der Waals surface area contributed by atoms with Crippen molar-refractivity contribution in [1.82, 2.24) is 15.2 Å². The summed E-state index contributed by atoms with van der Waals surface area (Å²) in [5.74, 6) is 0.857. The van der Waals surface area contributed by atoms with E-state index >= 15 is 0 Å². The normalized spacial score (nSPS) is 16.1. The predicted molar refractivity (Wildman–Crippen MR) is 81.5 cm³/mol. The van der Waals surface area contributed by atoms with Gasteiger partial charge in [0.2, 0.25) is 5.91 Å². The fourth-order valence-corrected chi connectivity index (χ4v) is 2.38. The van der Waals surface area contributed by atoms with Gasteiger partial charge in [0.1, 0.15) is 6.54 Å². The van der Waals surface area contributed by atoms with Crippen molar-refractivity contribution < 1.29 is 4.79 Å². The van der Waals surface area contributed by atoms with Crippen molar-refractivity contribution in [2.75, 3.05) is 13.1 Å². The molecule has 0 aliphatic heterocycles. The fourth-order valence-electron chi connectivity index (χ4n) is 2.38. The molecule has 1 aromatic rings. The second-order valence-electron chi connectivity index (χ2n) is 5.78. The first-order valence-corrected chi connectivity index (χ1v) is 7.88. The number of nitrogens with zero attached hydrogens (tertiary/aromatic N) is 1. The molecule has 1 aliphatic carbocycles. The maximum absolute atomic E-state index is 11.8. The molecule has 0 saturated heterocycles. The molecular formula is C16H27N3O. The van der Waals surface area contributed by atoms with E-state index in [1.54, 1.807) is 0 Å². The van der Waals surface area contributed by atoms with Crippen LogP contribution >= 0.6 is 0 Å². The SMILES string of the molecule is CCCNC(CC)c1ccn(CC(=O)NCC2CC2)c1. The lowest BCUT2D eigenvalue weighted by Crippen LogP contribution is -2.29. The highest BCUT2D eigenvalue weighted by Gasteiger charge is 2.21. The molecule has 0 radical (unpaired) electrons. The van der Waals surface area contributed by atoms with Gasteiger partial charge in [-0.25, -0.2) is 0 Å². The zero-order valence-electron chi connectivity index (χ0n) is 12.7. The van der Waals surface area contributed by atoms with Crippen LogP contribution in [0.1, 0.15) is 51.1 Å². The van der Waals surface area contributed by atoms with Crippen LogP contribution in [0.2, 0.25) is 0 Å². The monoisotopic (exact) mass is 277 g/mol. The summed E-state index contributed by atoms with van der Waals surface area (Å²) in [7, 11) is 0. The number of carbonyl (C=O) groups is 1. The molecule has 1 aromatic heterocycles. The van der Waals surface area contributed by atoms with Gasteiger partial charge < -0.3 is 15.2 Å². The number of carbonyl (C=O) groups excluding carboxylic acids is 1. The molecule has 2 rings (SSSR count). The van der Waals surface area contributed by atoms with Gasteiger partial charge in [-0.2, -0.15) is 0 Å². The van der Waals surface area contributed by atoms with Crippen LogP contribution in [0.25, 0.3) is 0 Å². The maximum atomic E-state index is 11.8. The Kier molecular flexibility index (Phi) is 5.65. The van der Waals surface area contributed by atoms with Crippen molar-refractivity contribution >= 4 is 5.91 Å². The number of aromatic nitrogens is 1. The average molecular weight is 277 g/mol. The Bertz CT molecular complexity index is 423. The summed E-state index contributed by atoms with van der Waals surface area (Å²) in [4.78, 5) is 11.8. The Morgan fingerprint density at radius 1 is 1.45 bits per heavy atom. The van der Waals surface area contributed by atoms with Crippen molar-refractivity contribution in [1.29, 1.82) is 0 Å². The number of amides is 1. The highest BCUT2D eigenvalue weighted by molar-refractivity contribution is 5.75. The number of nitrogens with one attached hydrogen (secondary N) is 2.